The quantitative estimate of drug-likeness (QED) is 0.644. The van der Waals surface area contributed by atoms with E-state index in [4.69, 9.17) is 4.74 Å². The number of carbonyl (C=O) groups is 1. The summed E-state index contributed by atoms with van der Waals surface area (Å²) in [6, 6.07) is 6.07. The first-order valence-corrected chi connectivity index (χ1v) is 6.52. The molecule has 0 bridgehead atoms. The van der Waals surface area contributed by atoms with Gasteiger partial charge in [0, 0.05) is 10.6 Å². The molecule has 1 aromatic carbocycles. The van der Waals surface area contributed by atoms with Gasteiger partial charge in [0.05, 0.1) is 7.11 Å². The number of likely N-dealkylation sites (N-methyl/N-ethyl adjacent to an activating group) is 1. The van der Waals surface area contributed by atoms with Gasteiger partial charge in [-0.25, -0.2) is 0 Å². The lowest BCUT2D eigenvalue weighted by Crippen LogP contribution is -2.37. The molecule has 0 aliphatic rings. The highest BCUT2D eigenvalue weighted by Gasteiger charge is 2.17. The van der Waals surface area contributed by atoms with E-state index < -0.39 is 0 Å². The largest absolute Gasteiger partial charge is 0.468 e. The van der Waals surface area contributed by atoms with Crippen molar-refractivity contribution in [1.82, 2.24) is 5.32 Å². The minimum Gasteiger partial charge on any atom is -0.468 e. The number of carbonyl (C=O) groups excluding carboxylic acids is 1. The first kappa shape index (κ1) is 14.1. The highest BCUT2D eigenvalue weighted by Crippen LogP contribution is 2.23. The van der Waals surface area contributed by atoms with E-state index in [2.05, 4.69) is 37.4 Å². The summed E-state index contributed by atoms with van der Waals surface area (Å²) < 4.78 is 4.73. The van der Waals surface area contributed by atoms with Gasteiger partial charge in [-0.05, 0) is 32.5 Å². The van der Waals surface area contributed by atoms with Gasteiger partial charge in [0.2, 0.25) is 0 Å². The summed E-state index contributed by atoms with van der Waals surface area (Å²) in [5.41, 5.74) is 2.50. The molecule has 1 aromatic rings. The van der Waals surface area contributed by atoms with Gasteiger partial charge in [-0.2, -0.15) is 0 Å². The van der Waals surface area contributed by atoms with Crippen molar-refractivity contribution in [2.24, 2.45) is 0 Å². The highest BCUT2D eigenvalue weighted by molar-refractivity contribution is 7.99. The van der Waals surface area contributed by atoms with Crippen molar-refractivity contribution in [3.63, 3.8) is 0 Å². The van der Waals surface area contributed by atoms with Gasteiger partial charge in [0.25, 0.3) is 0 Å². The second-order valence-corrected chi connectivity index (χ2v) is 5.01. The second kappa shape index (κ2) is 6.67. The summed E-state index contributed by atoms with van der Waals surface area (Å²) in [4.78, 5) is 12.6. The number of thioether (sulfide) groups is 1. The summed E-state index contributed by atoms with van der Waals surface area (Å²) in [5.74, 6) is 0.456. The number of nitrogens with one attached hydrogen (secondary N) is 1. The van der Waals surface area contributed by atoms with Crippen LogP contribution in [0.15, 0.2) is 23.1 Å². The van der Waals surface area contributed by atoms with E-state index in [9.17, 15) is 4.79 Å². The van der Waals surface area contributed by atoms with Crippen molar-refractivity contribution >= 4 is 17.7 Å². The van der Waals surface area contributed by atoms with Crippen LogP contribution >= 0.6 is 11.8 Å². The highest BCUT2D eigenvalue weighted by atomic mass is 32.2. The third kappa shape index (κ3) is 4.06. The number of rotatable bonds is 5. The number of hydrogen-bond donors (Lipinski definition) is 1. The summed E-state index contributed by atoms with van der Waals surface area (Å²) in [6.07, 6.45) is 0. The van der Waals surface area contributed by atoms with Crippen LogP contribution in [0, 0.1) is 13.8 Å². The van der Waals surface area contributed by atoms with E-state index in [-0.39, 0.29) is 12.0 Å². The Hall–Kier alpha value is -1.00. The van der Waals surface area contributed by atoms with E-state index in [0.29, 0.717) is 5.75 Å². The second-order valence-electron chi connectivity index (χ2n) is 3.94. The third-order valence-electron chi connectivity index (χ3n) is 2.57. The van der Waals surface area contributed by atoms with Gasteiger partial charge in [0.1, 0.15) is 6.04 Å². The van der Waals surface area contributed by atoms with Crippen molar-refractivity contribution in [1.29, 1.82) is 0 Å². The lowest BCUT2D eigenvalue weighted by atomic mass is 10.2. The molecule has 0 saturated carbocycles. The molecule has 0 heterocycles. The van der Waals surface area contributed by atoms with Crippen molar-refractivity contribution in [3.8, 4) is 0 Å². The zero-order chi connectivity index (χ0) is 12.8. The molecule has 0 aliphatic heterocycles. The van der Waals surface area contributed by atoms with E-state index in [1.807, 2.05) is 0 Å². The number of ether oxygens (including phenoxy) is 1. The molecule has 0 aromatic heterocycles. The topological polar surface area (TPSA) is 38.3 Å². The average Bonchev–Trinajstić information content (AvgIpc) is 2.31. The first-order chi connectivity index (χ1) is 8.08. The van der Waals surface area contributed by atoms with Crippen LogP contribution in [0.25, 0.3) is 0 Å². The molecule has 94 valence electrons. The Morgan fingerprint density at radius 1 is 1.47 bits per heavy atom. The zero-order valence-electron chi connectivity index (χ0n) is 10.7. The molecule has 17 heavy (non-hydrogen) atoms. The Bertz CT molecular complexity index is 393. The summed E-state index contributed by atoms with van der Waals surface area (Å²) in [6.45, 7) is 4.16. The van der Waals surface area contributed by atoms with Gasteiger partial charge in [-0.1, -0.05) is 17.7 Å². The standard InChI is InChI=1S/C13H19NO2S/c1-9-5-6-12(10(2)7-9)17-8-11(14-3)13(15)16-4/h5-7,11,14H,8H2,1-4H3. The van der Waals surface area contributed by atoms with Crippen molar-refractivity contribution < 1.29 is 9.53 Å². The molecule has 1 atom stereocenters. The summed E-state index contributed by atoms with van der Waals surface area (Å²) in [5, 5.41) is 2.96. The molecule has 0 aliphatic carbocycles. The zero-order valence-corrected chi connectivity index (χ0v) is 11.6. The molecule has 0 amide bonds. The van der Waals surface area contributed by atoms with Crippen LogP contribution in [0.3, 0.4) is 0 Å². The van der Waals surface area contributed by atoms with Crippen LogP contribution in [-0.4, -0.2) is 31.9 Å². The van der Waals surface area contributed by atoms with Crippen molar-refractivity contribution in [3.05, 3.63) is 29.3 Å². The smallest absolute Gasteiger partial charge is 0.323 e. The number of benzene rings is 1. The minimum atomic E-state index is -0.259. The van der Waals surface area contributed by atoms with E-state index in [0.717, 1.165) is 0 Å². The summed E-state index contributed by atoms with van der Waals surface area (Å²) in [7, 11) is 3.18. The number of esters is 1. The fraction of sp³-hybridized carbons (Fsp3) is 0.462. The normalized spacial score (nSPS) is 12.2. The van der Waals surface area contributed by atoms with E-state index >= 15 is 0 Å². The Labute approximate surface area is 107 Å². The Balaban J connectivity index is 2.62. The van der Waals surface area contributed by atoms with Gasteiger partial charge >= 0.3 is 5.97 Å². The molecule has 0 fully saturated rings. The Kier molecular flexibility index (Phi) is 5.51. The molecular weight excluding hydrogens is 234 g/mol. The number of methoxy groups -OCH3 is 1. The maximum atomic E-state index is 11.4. The Morgan fingerprint density at radius 3 is 2.71 bits per heavy atom. The van der Waals surface area contributed by atoms with Gasteiger partial charge in [-0.3, -0.25) is 4.79 Å². The van der Waals surface area contributed by atoms with Crippen LogP contribution in [0.1, 0.15) is 11.1 Å². The van der Waals surface area contributed by atoms with Crippen LogP contribution in [-0.2, 0) is 9.53 Å². The van der Waals surface area contributed by atoms with Gasteiger partial charge in [-0.15, -0.1) is 11.8 Å². The molecule has 1 unspecified atom stereocenters. The SMILES string of the molecule is CNC(CSc1ccc(C)cc1C)C(=O)OC. The third-order valence-corrected chi connectivity index (χ3v) is 3.84. The predicted molar refractivity (Wildman–Crippen MR) is 71.5 cm³/mol. The van der Waals surface area contributed by atoms with Crippen LogP contribution in [0.2, 0.25) is 0 Å². The number of aryl methyl sites for hydroxylation is 2. The molecule has 0 spiro atoms. The van der Waals surface area contributed by atoms with Crippen molar-refractivity contribution in [2.75, 3.05) is 19.9 Å². The lowest BCUT2D eigenvalue weighted by molar-refractivity contribution is -0.142. The van der Waals surface area contributed by atoms with Crippen LogP contribution in [0.5, 0.6) is 0 Å². The van der Waals surface area contributed by atoms with E-state index in [1.54, 1.807) is 18.8 Å². The van der Waals surface area contributed by atoms with Crippen LogP contribution in [0.4, 0.5) is 0 Å². The van der Waals surface area contributed by atoms with E-state index in [1.165, 1.54) is 23.1 Å². The van der Waals surface area contributed by atoms with Gasteiger partial charge < -0.3 is 10.1 Å². The molecule has 1 rings (SSSR count). The molecular formula is C13H19NO2S. The van der Waals surface area contributed by atoms with Crippen LogP contribution < -0.4 is 5.32 Å². The fourth-order valence-electron chi connectivity index (χ4n) is 1.55. The molecule has 4 heteroatoms. The maximum Gasteiger partial charge on any atom is 0.323 e. The molecule has 0 saturated heterocycles. The molecule has 0 radical (unpaired) electrons. The fourth-order valence-corrected chi connectivity index (χ4v) is 2.65. The molecule has 1 N–H and O–H groups in total. The monoisotopic (exact) mass is 253 g/mol. The Morgan fingerprint density at radius 2 is 2.18 bits per heavy atom. The number of hydrogen-bond acceptors (Lipinski definition) is 4. The minimum absolute atomic E-state index is 0.218. The summed E-state index contributed by atoms with van der Waals surface area (Å²) >= 11 is 1.67. The maximum absolute atomic E-state index is 11.4. The van der Waals surface area contributed by atoms with Gasteiger partial charge in [0.15, 0.2) is 0 Å². The predicted octanol–water partition coefficient (Wildman–Crippen LogP) is 2.16. The van der Waals surface area contributed by atoms with Crippen molar-refractivity contribution in [2.45, 2.75) is 24.8 Å². The molecule has 3 nitrogen and oxygen atoms in total. The lowest BCUT2D eigenvalue weighted by Gasteiger charge is -2.14. The first-order valence-electron chi connectivity index (χ1n) is 5.53. The average molecular weight is 253 g/mol.